The molecule has 0 saturated carbocycles. The van der Waals surface area contributed by atoms with Crippen LogP contribution in [0.4, 0.5) is 0 Å². The third-order valence-corrected chi connectivity index (χ3v) is 2.51. The highest BCUT2D eigenvalue weighted by molar-refractivity contribution is 5.38. The third kappa shape index (κ3) is 2.42. The van der Waals surface area contributed by atoms with E-state index in [1.165, 1.54) is 0 Å². The first-order valence-electron chi connectivity index (χ1n) is 5.33. The van der Waals surface area contributed by atoms with E-state index in [0.29, 0.717) is 22.8 Å². The highest BCUT2D eigenvalue weighted by atomic mass is 16.5. The Bertz CT molecular complexity index is 514. The molecule has 0 bridgehead atoms. The van der Waals surface area contributed by atoms with E-state index in [1.54, 1.807) is 26.3 Å². The van der Waals surface area contributed by atoms with Crippen molar-refractivity contribution in [1.82, 2.24) is 9.97 Å². The predicted octanol–water partition coefficient (Wildman–Crippen LogP) is 1.88. The Morgan fingerprint density at radius 2 is 2.00 bits per heavy atom. The molecule has 0 radical (unpaired) electrons. The molecule has 1 atom stereocenters. The summed E-state index contributed by atoms with van der Waals surface area (Å²) in [6, 6.07) is 9.05. The zero-order chi connectivity index (χ0) is 12.3. The van der Waals surface area contributed by atoms with Crippen LogP contribution in [-0.2, 0) is 0 Å². The van der Waals surface area contributed by atoms with E-state index in [0.717, 1.165) is 0 Å². The Labute approximate surface area is 99.9 Å². The van der Waals surface area contributed by atoms with Gasteiger partial charge in [-0.2, -0.15) is 0 Å². The summed E-state index contributed by atoms with van der Waals surface area (Å²) >= 11 is 0. The van der Waals surface area contributed by atoms with Gasteiger partial charge in [-0.05, 0) is 19.1 Å². The molecule has 88 valence electrons. The van der Waals surface area contributed by atoms with E-state index >= 15 is 0 Å². The highest BCUT2D eigenvalue weighted by Gasteiger charge is 2.16. The second-order valence-corrected chi connectivity index (χ2v) is 3.67. The zero-order valence-corrected chi connectivity index (χ0v) is 9.79. The fraction of sp³-hybridized carbons (Fsp3) is 0.231. The van der Waals surface area contributed by atoms with Crippen LogP contribution in [0.3, 0.4) is 0 Å². The van der Waals surface area contributed by atoms with Gasteiger partial charge in [-0.15, -0.1) is 0 Å². The van der Waals surface area contributed by atoms with Crippen molar-refractivity contribution >= 4 is 0 Å². The topological polar surface area (TPSA) is 55.2 Å². The molecule has 0 fully saturated rings. The maximum Gasteiger partial charge on any atom is 0.125 e. The minimum atomic E-state index is -0.798. The molecular weight excluding hydrogens is 216 g/mol. The molecule has 0 aliphatic carbocycles. The molecule has 0 saturated heterocycles. The van der Waals surface area contributed by atoms with Crippen molar-refractivity contribution in [3.8, 4) is 5.75 Å². The number of nitrogens with zero attached hydrogens (tertiary/aromatic N) is 2. The Balaban J connectivity index is 2.40. The Morgan fingerprint density at radius 3 is 2.71 bits per heavy atom. The molecule has 1 unspecified atom stereocenters. The van der Waals surface area contributed by atoms with Crippen molar-refractivity contribution < 1.29 is 9.84 Å². The Hall–Kier alpha value is -1.94. The number of aryl methyl sites for hydroxylation is 1. The molecule has 4 nitrogen and oxygen atoms in total. The van der Waals surface area contributed by atoms with Gasteiger partial charge in [0.2, 0.25) is 0 Å². The maximum atomic E-state index is 10.3. The number of aromatic nitrogens is 2. The predicted molar refractivity (Wildman–Crippen MR) is 63.8 cm³/mol. The monoisotopic (exact) mass is 230 g/mol. The molecule has 1 aromatic heterocycles. The van der Waals surface area contributed by atoms with E-state index in [-0.39, 0.29) is 0 Å². The lowest BCUT2D eigenvalue weighted by Crippen LogP contribution is -2.05. The second-order valence-electron chi connectivity index (χ2n) is 3.67. The van der Waals surface area contributed by atoms with E-state index < -0.39 is 6.10 Å². The number of para-hydroxylation sites is 1. The standard InChI is InChI=1S/C13H14N2O2/c1-9-14-8-7-11(15-9)13(16)10-5-3-4-6-12(10)17-2/h3-8,13,16H,1-2H3. The van der Waals surface area contributed by atoms with Gasteiger partial charge in [0.05, 0.1) is 12.8 Å². The van der Waals surface area contributed by atoms with Gasteiger partial charge in [0.1, 0.15) is 17.7 Å². The molecule has 2 rings (SSSR count). The summed E-state index contributed by atoms with van der Waals surface area (Å²) in [6.45, 7) is 1.79. The number of aliphatic hydroxyl groups is 1. The molecule has 1 aromatic carbocycles. The van der Waals surface area contributed by atoms with Gasteiger partial charge >= 0.3 is 0 Å². The van der Waals surface area contributed by atoms with Crippen LogP contribution in [-0.4, -0.2) is 22.2 Å². The van der Waals surface area contributed by atoms with Crippen LogP contribution in [0, 0.1) is 6.92 Å². The molecule has 0 amide bonds. The summed E-state index contributed by atoms with van der Waals surface area (Å²) in [6.07, 6.45) is 0.837. The first-order valence-corrected chi connectivity index (χ1v) is 5.33. The summed E-state index contributed by atoms with van der Waals surface area (Å²) in [5.41, 5.74) is 1.27. The van der Waals surface area contributed by atoms with E-state index in [9.17, 15) is 5.11 Å². The van der Waals surface area contributed by atoms with Crippen LogP contribution in [0.5, 0.6) is 5.75 Å². The minimum Gasteiger partial charge on any atom is -0.496 e. The average molecular weight is 230 g/mol. The van der Waals surface area contributed by atoms with E-state index in [1.807, 2.05) is 24.3 Å². The van der Waals surface area contributed by atoms with Gasteiger partial charge in [-0.1, -0.05) is 18.2 Å². The molecule has 0 aliphatic heterocycles. The molecule has 4 heteroatoms. The molecule has 2 aromatic rings. The lowest BCUT2D eigenvalue weighted by atomic mass is 10.1. The van der Waals surface area contributed by atoms with Crippen molar-refractivity contribution in [3.63, 3.8) is 0 Å². The number of ether oxygens (including phenoxy) is 1. The fourth-order valence-corrected chi connectivity index (χ4v) is 1.68. The smallest absolute Gasteiger partial charge is 0.125 e. The van der Waals surface area contributed by atoms with Crippen LogP contribution in [0.2, 0.25) is 0 Å². The maximum absolute atomic E-state index is 10.3. The largest absolute Gasteiger partial charge is 0.496 e. The number of methoxy groups -OCH3 is 1. The van der Waals surface area contributed by atoms with Crippen LogP contribution < -0.4 is 4.74 Å². The van der Waals surface area contributed by atoms with Gasteiger partial charge in [0, 0.05) is 11.8 Å². The van der Waals surface area contributed by atoms with Crippen molar-refractivity contribution in [2.24, 2.45) is 0 Å². The van der Waals surface area contributed by atoms with Gasteiger partial charge in [-0.25, -0.2) is 9.97 Å². The van der Waals surface area contributed by atoms with Crippen LogP contribution in [0.25, 0.3) is 0 Å². The summed E-state index contributed by atoms with van der Waals surface area (Å²) in [5.74, 6) is 1.28. The van der Waals surface area contributed by atoms with E-state index in [2.05, 4.69) is 9.97 Å². The average Bonchev–Trinajstić information content (AvgIpc) is 2.38. The normalized spacial score (nSPS) is 12.2. The summed E-state index contributed by atoms with van der Waals surface area (Å²) in [7, 11) is 1.58. The quantitative estimate of drug-likeness (QED) is 0.874. The van der Waals surface area contributed by atoms with Crippen LogP contribution in [0.15, 0.2) is 36.5 Å². The van der Waals surface area contributed by atoms with Gasteiger partial charge in [-0.3, -0.25) is 0 Å². The molecule has 0 aliphatic rings. The van der Waals surface area contributed by atoms with E-state index in [4.69, 9.17) is 4.74 Å². The zero-order valence-electron chi connectivity index (χ0n) is 9.79. The summed E-state index contributed by atoms with van der Waals surface area (Å²) in [5, 5.41) is 10.3. The van der Waals surface area contributed by atoms with Crippen LogP contribution >= 0.6 is 0 Å². The number of benzene rings is 1. The third-order valence-electron chi connectivity index (χ3n) is 2.51. The van der Waals surface area contributed by atoms with Gasteiger partial charge in [0.15, 0.2) is 0 Å². The lowest BCUT2D eigenvalue weighted by Gasteiger charge is -2.14. The number of hydrogen-bond donors (Lipinski definition) is 1. The van der Waals surface area contributed by atoms with Crippen LogP contribution in [0.1, 0.15) is 23.2 Å². The van der Waals surface area contributed by atoms with Crippen molar-refractivity contribution in [1.29, 1.82) is 0 Å². The first-order chi connectivity index (χ1) is 8.22. The SMILES string of the molecule is COc1ccccc1C(O)c1ccnc(C)n1. The van der Waals surface area contributed by atoms with Gasteiger partial charge < -0.3 is 9.84 Å². The van der Waals surface area contributed by atoms with Crippen molar-refractivity contribution in [2.45, 2.75) is 13.0 Å². The lowest BCUT2D eigenvalue weighted by molar-refractivity contribution is 0.209. The molecule has 0 spiro atoms. The minimum absolute atomic E-state index is 0.571. The van der Waals surface area contributed by atoms with Crippen molar-refractivity contribution in [2.75, 3.05) is 7.11 Å². The molecular formula is C13H14N2O2. The fourth-order valence-electron chi connectivity index (χ4n) is 1.68. The first kappa shape index (κ1) is 11.5. The highest BCUT2D eigenvalue weighted by Crippen LogP contribution is 2.28. The Morgan fingerprint density at radius 1 is 1.24 bits per heavy atom. The summed E-state index contributed by atoms with van der Waals surface area (Å²) < 4.78 is 5.21. The summed E-state index contributed by atoms with van der Waals surface area (Å²) in [4.78, 5) is 8.21. The number of rotatable bonds is 3. The molecule has 1 N–H and O–H groups in total. The van der Waals surface area contributed by atoms with Crippen molar-refractivity contribution in [3.05, 3.63) is 53.6 Å². The second kappa shape index (κ2) is 4.93. The van der Waals surface area contributed by atoms with Gasteiger partial charge in [0.25, 0.3) is 0 Å². The number of aliphatic hydroxyl groups excluding tert-OH is 1. The Kier molecular flexibility index (Phi) is 3.35. The molecule has 17 heavy (non-hydrogen) atoms. The molecule has 1 heterocycles. The number of hydrogen-bond acceptors (Lipinski definition) is 4.